The van der Waals surface area contributed by atoms with Crippen LogP contribution in [0.2, 0.25) is 0 Å². The molecule has 0 N–H and O–H groups in total. The van der Waals surface area contributed by atoms with Crippen molar-refractivity contribution < 1.29 is 4.79 Å². The third-order valence-corrected chi connectivity index (χ3v) is 5.69. The van der Waals surface area contributed by atoms with Gasteiger partial charge in [-0.25, -0.2) is 4.79 Å². The normalized spacial score (nSPS) is 10.6. The number of amides is 2. The number of anilines is 2. The van der Waals surface area contributed by atoms with E-state index in [9.17, 15) is 4.79 Å². The van der Waals surface area contributed by atoms with Crippen LogP contribution in [0, 0.1) is 0 Å². The summed E-state index contributed by atoms with van der Waals surface area (Å²) >= 11 is 6.97. The lowest BCUT2D eigenvalue weighted by atomic mass is 10.2. The van der Waals surface area contributed by atoms with Crippen LogP contribution in [-0.2, 0) is 6.54 Å². The van der Waals surface area contributed by atoms with Gasteiger partial charge in [0.1, 0.15) is 0 Å². The van der Waals surface area contributed by atoms with E-state index in [0.717, 1.165) is 38.7 Å². The zero-order valence-electron chi connectivity index (χ0n) is 16.4. The average molecular weight is 516 g/mol. The topological polar surface area (TPSA) is 23.6 Å². The molecule has 3 aromatic rings. The Morgan fingerprint density at radius 3 is 1.79 bits per heavy atom. The van der Waals surface area contributed by atoms with Gasteiger partial charge in [0, 0.05) is 22.0 Å². The van der Waals surface area contributed by atoms with E-state index < -0.39 is 0 Å². The van der Waals surface area contributed by atoms with Crippen LogP contribution in [0.15, 0.2) is 87.8 Å². The van der Waals surface area contributed by atoms with E-state index in [1.165, 1.54) is 0 Å². The average Bonchev–Trinajstić information content (AvgIpc) is 2.74. The van der Waals surface area contributed by atoms with Gasteiger partial charge in [0.05, 0.1) is 11.4 Å². The lowest BCUT2D eigenvalue weighted by molar-refractivity contribution is 0.203. The second kappa shape index (κ2) is 10.6. The highest BCUT2D eigenvalue weighted by molar-refractivity contribution is 9.10. The monoisotopic (exact) mass is 514 g/mol. The summed E-state index contributed by atoms with van der Waals surface area (Å²) in [5.41, 5.74) is 2.81. The van der Waals surface area contributed by atoms with Gasteiger partial charge >= 0.3 is 6.03 Å². The van der Waals surface area contributed by atoms with Crippen LogP contribution in [-0.4, -0.2) is 17.5 Å². The largest absolute Gasteiger partial charge is 0.329 e. The second-order valence-electron chi connectivity index (χ2n) is 6.83. The third kappa shape index (κ3) is 5.94. The summed E-state index contributed by atoms with van der Waals surface area (Å²) in [6.07, 6.45) is 2.00. The van der Waals surface area contributed by atoms with Crippen molar-refractivity contribution in [3.8, 4) is 0 Å². The van der Waals surface area contributed by atoms with Gasteiger partial charge in [0.15, 0.2) is 0 Å². The maximum Gasteiger partial charge on any atom is 0.329 e. The Kier molecular flexibility index (Phi) is 7.90. The van der Waals surface area contributed by atoms with Crippen LogP contribution in [0.4, 0.5) is 16.2 Å². The van der Waals surface area contributed by atoms with Crippen LogP contribution in [0.25, 0.3) is 0 Å². The van der Waals surface area contributed by atoms with Gasteiger partial charge in [0.2, 0.25) is 0 Å². The highest BCUT2D eigenvalue weighted by Crippen LogP contribution is 2.30. The lowest BCUT2D eigenvalue weighted by Crippen LogP contribution is -2.41. The van der Waals surface area contributed by atoms with E-state index in [4.69, 9.17) is 0 Å². The van der Waals surface area contributed by atoms with Gasteiger partial charge < -0.3 is 4.90 Å². The molecule has 0 saturated carbocycles. The van der Waals surface area contributed by atoms with Gasteiger partial charge in [-0.3, -0.25) is 4.90 Å². The number of hydrogen-bond donors (Lipinski definition) is 0. The zero-order chi connectivity index (χ0) is 20.6. The minimum atomic E-state index is -0.0213. The maximum absolute atomic E-state index is 13.8. The molecule has 0 aromatic heterocycles. The first-order valence-electron chi connectivity index (χ1n) is 9.72. The molecule has 0 bridgehead atoms. The first kappa shape index (κ1) is 21.6. The van der Waals surface area contributed by atoms with Crippen LogP contribution < -0.4 is 4.90 Å². The molecular formula is C24H24Br2N2O. The highest BCUT2D eigenvalue weighted by Gasteiger charge is 2.24. The van der Waals surface area contributed by atoms with Crippen molar-refractivity contribution >= 4 is 49.3 Å². The van der Waals surface area contributed by atoms with E-state index in [1.54, 1.807) is 4.90 Å². The van der Waals surface area contributed by atoms with Crippen LogP contribution >= 0.6 is 31.9 Å². The predicted octanol–water partition coefficient (Wildman–Crippen LogP) is 7.77. The Morgan fingerprint density at radius 2 is 1.31 bits per heavy atom. The molecule has 150 valence electrons. The Hall–Kier alpha value is -2.11. The number of hydrogen-bond acceptors (Lipinski definition) is 1. The van der Waals surface area contributed by atoms with Gasteiger partial charge in [0.25, 0.3) is 0 Å². The Labute approximate surface area is 189 Å². The molecule has 5 heteroatoms. The number of halogens is 2. The molecule has 0 fully saturated rings. The quantitative estimate of drug-likeness (QED) is 0.315. The molecule has 0 spiro atoms. The predicted molar refractivity (Wildman–Crippen MR) is 128 cm³/mol. The Morgan fingerprint density at radius 1 is 0.793 bits per heavy atom. The van der Waals surface area contributed by atoms with Crippen molar-refractivity contribution in [1.29, 1.82) is 0 Å². The molecule has 3 rings (SSSR count). The standard InChI is InChI=1S/C24H24Br2N2O/c1-2-3-17-27(18-19-7-5-4-6-8-19)24(29)28(22-13-9-20(25)10-14-22)23-15-11-21(26)12-16-23/h4-16H,2-3,17-18H2,1H3. The van der Waals surface area contributed by atoms with Gasteiger partial charge in [-0.1, -0.05) is 75.5 Å². The maximum atomic E-state index is 13.8. The van der Waals surface area contributed by atoms with Crippen LogP contribution in [0.3, 0.4) is 0 Å². The van der Waals surface area contributed by atoms with E-state index in [1.807, 2.05) is 71.6 Å². The minimum Gasteiger partial charge on any atom is -0.320 e. The summed E-state index contributed by atoms with van der Waals surface area (Å²) in [4.78, 5) is 17.5. The van der Waals surface area contributed by atoms with Crippen molar-refractivity contribution in [3.63, 3.8) is 0 Å². The number of urea groups is 1. The molecule has 3 aromatic carbocycles. The number of nitrogens with zero attached hydrogens (tertiary/aromatic N) is 2. The summed E-state index contributed by atoms with van der Waals surface area (Å²) in [5, 5.41) is 0. The Bertz CT molecular complexity index is 866. The first-order valence-corrected chi connectivity index (χ1v) is 11.3. The summed E-state index contributed by atoms with van der Waals surface area (Å²) in [6.45, 7) is 3.45. The summed E-state index contributed by atoms with van der Waals surface area (Å²) in [5.74, 6) is 0. The van der Waals surface area contributed by atoms with Crippen molar-refractivity contribution in [2.45, 2.75) is 26.3 Å². The van der Waals surface area contributed by atoms with Gasteiger partial charge in [-0.2, -0.15) is 0 Å². The molecule has 0 radical (unpaired) electrons. The summed E-state index contributed by atoms with van der Waals surface area (Å²) in [7, 11) is 0. The molecule has 0 aliphatic carbocycles. The molecule has 0 atom stereocenters. The number of rotatable bonds is 7. The van der Waals surface area contributed by atoms with Crippen molar-refractivity contribution in [1.82, 2.24) is 4.90 Å². The van der Waals surface area contributed by atoms with Crippen LogP contribution in [0.5, 0.6) is 0 Å². The van der Waals surface area contributed by atoms with E-state index in [-0.39, 0.29) is 6.03 Å². The lowest BCUT2D eigenvalue weighted by Gasteiger charge is -2.31. The molecule has 0 saturated heterocycles. The zero-order valence-corrected chi connectivity index (χ0v) is 19.6. The molecule has 29 heavy (non-hydrogen) atoms. The van der Waals surface area contributed by atoms with Crippen molar-refractivity contribution in [3.05, 3.63) is 93.4 Å². The second-order valence-corrected chi connectivity index (χ2v) is 8.66. The van der Waals surface area contributed by atoms with Gasteiger partial charge in [-0.05, 0) is 60.5 Å². The molecular weight excluding hydrogens is 492 g/mol. The SMILES string of the molecule is CCCCN(Cc1ccccc1)C(=O)N(c1ccc(Br)cc1)c1ccc(Br)cc1. The molecule has 0 aliphatic heterocycles. The van der Waals surface area contributed by atoms with Crippen molar-refractivity contribution in [2.75, 3.05) is 11.4 Å². The number of benzene rings is 3. The van der Waals surface area contributed by atoms with E-state index in [0.29, 0.717) is 13.1 Å². The fraction of sp³-hybridized carbons (Fsp3) is 0.208. The van der Waals surface area contributed by atoms with E-state index >= 15 is 0 Å². The fourth-order valence-corrected chi connectivity index (χ4v) is 3.62. The van der Waals surface area contributed by atoms with Gasteiger partial charge in [-0.15, -0.1) is 0 Å². The Balaban J connectivity index is 1.97. The molecule has 0 aliphatic rings. The van der Waals surface area contributed by atoms with Crippen LogP contribution in [0.1, 0.15) is 25.3 Å². The fourth-order valence-electron chi connectivity index (χ4n) is 3.09. The highest BCUT2D eigenvalue weighted by atomic mass is 79.9. The smallest absolute Gasteiger partial charge is 0.320 e. The molecule has 2 amide bonds. The summed E-state index contributed by atoms with van der Waals surface area (Å²) in [6, 6.07) is 25.8. The molecule has 0 heterocycles. The third-order valence-electron chi connectivity index (χ3n) is 4.63. The number of carbonyl (C=O) groups excluding carboxylic acids is 1. The van der Waals surface area contributed by atoms with Crippen molar-refractivity contribution in [2.24, 2.45) is 0 Å². The molecule has 0 unspecified atom stereocenters. The number of carbonyl (C=O) groups is 1. The summed E-state index contributed by atoms with van der Waals surface area (Å²) < 4.78 is 1.97. The number of unbranched alkanes of at least 4 members (excludes halogenated alkanes) is 1. The van der Waals surface area contributed by atoms with E-state index in [2.05, 4.69) is 50.9 Å². The minimum absolute atomic E-state index is 0.0213. The first-order chi connectivity index (χ1) is 14.1. The molecule has 3 nitrogen and oxygen atoms in total.